The van der Waals surface area contributed by atoms with Crippen molar-refractivity contribution in [3.63, 3.8) is 0 Å². The molecule has 0 aliphatic heterocycles. The molecule has 136 valence electrons. The number of anilines is 1. The van der Waals surface area contributed by atoms with E-state index >= 15 is 0 Å². The van der Waals surface area contributed by atoms with Crippen LogP contribution in [-0.2, 0) is 6.42 Å². The molecular weight excluding hydrogens is 341 g/mol. The Morgan fingerprint density at radius 3 is 2.48 bits per heavy atom. The average Bonchev–Trinajstić information content (AvgIpc) is 3.11. The molecule has 0 radical (unpaired) electrons. The second kappa shape index (κ2) is 7.19. The maximum absolute atomic E-state index is 13.4. The zero-order valence-electron chi connectivity index (χ0n) is 15.1. The Labute approximate surface area is 156 Å². The average molecular weight is 361 g/mol. The van der Waals surface area contributed by atoms with Crippen LogP contribution in [-0.4, -0.2) is 9.97 Å². The van der Waals surface area contributed by atoms with Gasteiger partial charge < -0.3 is 10.2 Å². The lowest BCUT2D eigenvalue weighted by Gasteiger charge is -2.13. The molecule has 2 aromatic heterocycles. The minimum absolute atomic E-state index is 0.171. The molecular formula is C22H20FN3O. The highest BCUT2D eigenvalue weighted by atomic mass is 19.1. The van der Waals surface area contributed by atoms with Gasteiger partial charge in [-0.05, 0) is 49.2 Å². The van der Waals surface area contributed by atoms with Crippen molar-refractivity contribution in [2.45, 2.75) is 26.2 Å². The summed E-state index contributed by atoms with van der Waals surface area (Å²) >= 11 is 0. The van der Waals surface area contributed by atoms with Crippen LogP contribution in [0.4, 0.5) is 10.3 Å². The maximum atomic E-state index is 13.4. The van der Waals surface area contributed by atoms with Crippen LogP contribution in [0.1, 0.15) is 25.3 Å². The lowest BCUT2D eigenvalue weighted by Crippen LogP contribution is -2.05. The molecule has 2 aromatic carbocycles. The van der Waals surface area contributed by atoms with E-state index in [2.05, 4.69) is 16.9 Å². The summed E-state index contributed by atoms with van der Waals surface area (Å²) in [6, 6.07) is 16.1. The van der Waals surface area contributed by atoms with Gasteiger partial charge in [-0.2, -0.15) is 0 Å². The number of benzene rings is 2. The van der Waals surface area contributed by atoms with Gasteiger partial charge >= 0.3 is 0 Å². The Bertz CT molecular complexity index is 1050. The molecule has 2 N–H and O–H groups in total. The minimum atomic E-state index is -0.284. The fourth-order valence-electron chi connectivity index (χ4n) is 3.24. The summed E-state index contributed by atoms with van der Waals surface area (Å²) in [5, 5.41) is 1.01. The standard InChI is InChI=1S/C22H20FN3O/c1-2-3-7-17-20(14-9-11-16(23)12-10-14)25-22(24)26-21(17)19-13-15-6-4-5-8-18(15)27-19/h4-6,8-13H,2-3,7H2,1H3,(H2,24,25,26). The largest absolute Gasteiger partial charge is 0.454 e. The Morgan fingerprint density at radius 1 is 1.00 bits per heavy atom. The van der Waals surface area contributed by atoms with Crippen LogP contribution >= 0.6 is 0 Å². The SMILES string of the molecule is CCCCc1c(-c2ccc(F)cc2)nc(N)nc1-c1cc2ccccc2o1. The molecule has 0 saturated heterocycles. The number of fused-ring (bicyclic) bond motifs is 1. The number of furan rings is 1. The quantitative estimate of drug-likeness (QED) is 0.501. The van der Waals surface area contributed by atoms with Gasteiger partial charge in [0.25, 0.3) is 0 Å². The topological polar surface area (TPSA) is 64.9 Å². The number of hydrogen-bond acceptors (Lipinski definition) is 4. The summed E-state index contributed by atoms with van der Waals surface area (Å²) in [5.41, 5.74) is 10.0. The van der Waals surface area contributed by atoms with Crippen molar-refractivity contribution < 1.29 is 8.81 Å². The first kappa shape index (κ1) is 17.2. The van der Waals surface area contributed by atoms with Gasteiger partial charge in [0.1, 0.15) is 17.1 Å². The molecule has 0 saturated carbocycles. The van der Waals surface area contributed by atoms with Gasteiger partial charge in [0.05, 0.1) is 5.69 Å². The summed E-state index contributed by atoms with van der Waals surface area (Å²) in [6.45, 7) is 2.14. The molecule has 4 rings (SSSR count). The van der Waals surface area contributed by atoms with Crippen molar-refractivity contribution in [2.24, 2.45) is 0 Å². The third-order valence-electron chi connectivity index (χ3n) is 4.58. The molecule has 4 aromatic rings. The number of halogens is 1. The Hall–Kier alpha value is -3.21. The van der Waals surface area contributed by atoms with Gasteiger partial charge in [-0.1, -0.05) is 31.5 Å². The van der Waals surface area contributed by atoms with E-state index < -0.39 is 0 Å². The molecule has 0 unspecified atom stereocenters. The normalized spacial score (nSPS) is 11.2. The summed E-state index contributed by atoms with van der Waals surface area (Å²) < 4.78 is 19.4. The Balaban J connectivity index is 1.93. The van der Waals surface area contributed by atoms with Crippen molar-refractivity contribution in [2.75, 3.05) is 5.73 Å². The van der Waals surface area contributed by atoms with Gasteiger partial charge in [0.2, 0.25) is 5.95 Å². The molecule has 0 fully saturated rings. The van der Waals surface area contributed by atoms with Crippen LogP contribution in [0.5, 0.6) is 0 Å². The monoisotopic (exact) mass is 361 g/mol. The fourth-order valence-corrected chi connectivity index (χ4v) is 3.24. The number of aromatic nitrogens is 2. The van der Waals surface area contributed by atoms with Crippen molar-refractivity contribution in [1.82, 2.24) is 9.97 Å². The van der Waals surface area contributed by atoms with Gasteiger partial charge in [-0.15, -0.1) is 0 Å². The van der Waals surface area contributed by atoms with Crippen LogP contribution < -0.4 is 5.73 Å². The zero-order valence-corrected chi connectivity index (χ0v) is 15.1. The lowest BCUT2D eigenvalue weighted by molar-refractivity contribution is 0.626. The van der Waals surface area contributed by atoms with Crippen molar-refractivity contribution in [3.05, 3.63) is 66.0 Å². The fraction of sp³-hybridized carbons (Fsp3) is 0.182. The van der Waals surface area contributed by atoms with Crippen molar-refractivity contribution >= 4 is 16.9 Å². The highest BCUT2D eigenvalue weighted by Crippen LogP contribution is 2.34. The van der Waals surface area contributed by atoms with E-state index in [0.29, 0.717) is 11.5 Å². The number of para-hydroxylation sites is 1. The predicted molar refractivity (Wildman–Crippen MR) is 106 cm³/mol. The summed E-state index contributed by atoms with van der Waals surface area (Å²) in [4.78, 5) is 8.96. The summed E-state index contributed by atoms with van der Waals surface area (Å²) in [7, 11) is 0. The number of unbranched alkanes of at least 4 members (excludes halogenated alkanes) is 1. The number of nitrogen functional groups attached to an aromatic ring is 1. The van der Waals surface area contributed by atoms with E-state index in [1.807, 2.05) is 30.3 Å². The van der Waals surface area contributed by atoms with Crippen LogP contribution in [0, 0.1) is 5.82 Å². The predicted octanol–water partition coefficient (Wildman–Crippen LogP) is 5.62. The van der Waals surface area contributed by atoms with E-state index in [1.165, 1.54) is 12.1 Å². The second-order valence-electron chi connectivity index (χ2n) is 6.52. The molecule has 4 nitrogen and oxygen atoms in total. The summed E-state index contributed by atoms with van der Waals surface area (Å²) in [6.07, 6.45) is 2.80. The Kier molecular flexibility index (Phi) is 4.59. The van der Waals surface area contributed by atoms with Crippen molar-refractivity contribution in [1.29, 1.82) is 0 Å². The van der Waals surface area contributed by atoms with E-state index in [9.17, 15) is 4.39 Å². The minimum Gasteiger partial charge on any atom is -0.454 e. The van der Waals surface area contributed by atoms with Gasteiger partial charge in [0.15, 0.2) is 5.76 Å². The number of nitrogens with zero attached hydrogens (tertiary/aromatic N) is 2. The molecule has 0 bridgehead atoms. The number of rotatable bonds is 5. The maximum Gasteiger partial charge on any atom is 0.221 e. The smallest absolute Gasteiger partial charge is 0.221 e. The highest BCUT2D eigenvalue weighted by molar-refractivity contribution is 5.84. The lowest BCUT2D eigenvalue weighted by atomic mass is 9.98. The van der Waals surface area contributed by atoms with Crippen LogP contribution in [0.3, 0.4) is 0 Å². The first-order chi connectivity index (χ1) is 13.2. The Morgan fingerprint density at radius 2 is 1.74 bits per heavy atom. The van der Waals surface area contributed by atoms with Crippen molar-refractivity contribution in [3.8, 4) is 22.7 Å². The van der Waals surface area contributed by atoms with Crippen LogP contribution in [0.15, 0.2) is 59.0 Å². The molecule has 0 spiro atoms. The first-order valence-corrected chi connectivity index (χ1v) is 9.07. The van der Waals surface area contributed by atoms with Gasteiger partial charge in [0, 0.05) is 16.5 Å². The third kappa shape index (κ3) is 3.40. The van der Waals surface area contributed by atoms with Gasteiger partial charge in [-0.25, -0.2) is 14.4 Å². The van der Waals surface area contributed by atoms with E-state index in [0.717, 1.165) is 47.1 Å². The van der Waals surface area contributed by atoms with E-state index in [-0.39, 0.29) is 11.8 Å². The molecule has 5 heteroatoms. The van der Waals surface area contributed by atoms with E-state index in [1.54, 1.807) is 12.1 Å². The number of hydrogen-bond donors (Lipinski definition) is 1. The van der Waals surface area contributed by atoms with Gasteiger partial charge in [-0.3, -0.25) is 0 Å². The summed E-state index contributed by atoms with van der Waals surface area (Å²) in [5.74, 6) is 0.554. The molecule has 0 aliphatic carbocycles. The molecule has 27 heavy (non-hydrogen) atoms. The number of nitrogens with two attached hydrogens (primary N) is 1. The molecule has 0 amide bonds. The van der Waals surface area contributed by atoms with E-state index in [4.69, 9.17) is 10.2 Å². The van der Waals surface area contributed by atoms with Crippen LogP contribution in [0.2, 0.25) is 0 Å². The first-order valence-electron chi connectivity index (χ1n) is 9.07. The molecule has 0 aliphatic rings. The second-order valence-corrected chi connectivity index (χ2v) is 6.52. The third-order valence-corrected chi connectivity index (χ3v) is 4.58. The highest BCUT2D eigenvalue weighted by Gasteiger charge is 2.19. The zero-order chi connectivity index (χ0) is 18.8. The molecule has 0 atom stereocenters. The van der Waals surface area contributed by atoms with Crippen LogP contribution in [0.25, 0.3) is 33.7 Å². The molecule has 2 heterocycles.